The minimum absolute atomic E-state index is 0.0104. The molecule has 4 rings (SSSR count). The van der Waals surface area contributed by atoms with E-state index in [0.29, 0.717) is 36.4 Å². The molecule has 0 aliphatic rings. The van der Waals surface area contributed by atoms with Crippen molar-refractivity contribution in [2.24, 2.45) is 0 Å². The molecule has 1 aromatic heterocycles. The fourth-order valence-corrected chi connectivity index (χ4v) is 5.93. The van der Waals surface area contributed by atoms with Gasteiger partial charge < -0.3 is 24.5 Å². The molecular formula is C36H45N3O6Si. The van der Waals surface area contributed by atoms with Crippen LogP contribution in [0, 0.1) is 0 Å². The van der Waals surface area contributed by atoms with E-state index < -0.39 is 20.3 Å². The normalized spacial score (nSPS) is 11.7. The summed E-state index contributed by atoms with van der Waals surface area (Å²) in [5.41, 5.74) is 5.04. The molecule has 2 N–H and O–H groups in total. The van der Waals surface area contributed by atoms with E-state index in [2.05, 4.69) is 44.5 Å². The maximum atomic E-state index is 12.9. The molecule has 0 aliphatic carbocycles. The van der Waals surface area contributed by atoms with Gasteiger partial charge in [-0.05, 0) is 54.4 Å². The SMILES string of the molecule is CC(=O)OCc1cc(CCC(=O)NCCNc2c3ccccc3nc3ccccc23)cc(COC(C)=O)c1O[Si](C)(C)C(C)(C)C. The highest BCUT2D eigenvalue weighted by atomic mass is 28.4. The van der Waals surface area contributed by atoms with Crippen LogP contribution in [0.5, 0.6) is 5.75 Å². The van der Waals surface area contributed by atoms with Crippen molar-refractivity contribution < 1.29 is 28.3 Å². The number of fused-ring (bicyclic) bond motifs is 2. The van der Waals surface area contributed by atoms with E-state index in [9.17, 15) is 14.4 Å². The number of benzene rings is 3. The maximum absolute atomic E-state index is 12.9. The summed E-state index contributed by atoms with van der Waals surface area (Å²) < 4.78 is 17.5. The van der Waals surface area contributed by atoms with Gasteiger partial charge in [0.1, 0.15) is 19.0 Å². The summed E-state index contributed by atoms with van der Waals surface area (Å²) in [5, 5.41) is 8.49. The molecule has 9 nitrogen and oxygen atoms in total. The highest BCUT2D eigenvalue weighted by Gasteiger charge is 2.40. The number of ether oxygens (including phenoxy) is 2. The number of aryl methyl sites for hydroxylation is 1. The summed E-state index contributed by atoms with van der Waals surface area (Å²) >= 11 is 0. The Bertz CT molecular complexity index is 1640. The molecule has 0 unspecified atom stereocenters. The molecule has 1 amide bonds. The van der Waals surface area contributed by atoms with Gasteiger partial charge in [-0.15, -0.1) is 0 Å². The Hall–Kier alpha value is -4.44. The van der Waals surface area contributed by atoms with Crippen LogP contribution in [0.15, 0.2) is 60.7 Å². The third-order valence-electron chi connectivity index (χ3n) is 8.31. The number of aromatic nitrogens is 1. The summed E-state index contributed by atoms with van der Waals surface area (Å²) in [7, 11) is -2.30. The molecule has 10 heteroatoms. The van der Waals surface area contributed by atoms with E-state index in [-0.39, 0.29) is 30.6 Å². The average Bonchev–Trinajstić information content (AvgIpc) is 2.99. The summed E-state index contributed by atoms with van der Waals surface area (Å²) in [4.78, 5) is 41.1. The number of carbonyl (C=O) groups is 3. The number of carbonyl (C=O) groups excluding carboxylic acids is 3. The number of anilines is 1. The molecule has 0 radical (unpaired) electrons. The van der Waals surface area contributed by atoms with Gasteiger partial charge in [0, 0.05) is 55.3 Å². The van der Waals surface area contributed by atoms with Gasteiger partial charge in [0.15, 0.2) is 0 Å². The second kappa shape index (κ2) is 14.8. The number of hydrogen-bond donors (Lipinski definition) is 2. The first-order valence-electron chi connectivity index (χ1n) is 15.6. The van der Waals surface area contributed by atoms with E-state index >= 15 is 0 Å². The lowest BCUT2D eigenvalue weighted by Gasteiger charge is -2.37. The van der Waals surface area contributed by atoms with Crippen molar-refractivity contribution in [3.63, 3.8) is 0 Å². The number of hydrogen-bond acceptors (Lipinski definition) is 8. The number of nitrogens with zero attached hydrogens (tertiary/aromatic N) is 1. The first-order chi connectivity index (χ1) is 21.7. The number of amides is 1. The number of para-hydroxylation sites is 2. The molecule has 0 saturated heterocycles. The molecule has 0 spiro atoms. The third-order valence-corrected chi connectivity index (χ3v) is 12.6. The average molecular weight is 644 g/mol. The van der Waals surface area contributed by atoms with Crippen LogP contribution in [0.1, 0.15) is 57.7 Å². The Labute approximate surface area is 272 Å². The molecule has 3 aromatic carbocycles. The van der Waals surface area contributed by atoms with Crippen molar-refractivity contribution in [1.82, 2.24) is 10.3 Å². The predicted molar refractivity (Wildman–Crippen MR) is 184 cm³/mol. The third kappa shape index (κ3) is 8.84. The van der Waals surface area contributed by atoms with Gasteiger partial charge in [0.2, 0.25) is 5.91 Å². The van der Waals surface area contributed by atoms with Crippen LogP contribution in [-0.2, 0) is 43.5 Å². The van der Waals surface area contributed by atoms with E-state index in [1.165, 1.54) is 13.8 Å². The lowest BCUT2D eigenvalue weighted by molar-refractivity contribution is -0.142. The van der Waals surface area contributed by atoms with Crippen molar-refractivity contribution >= 4 is 53.7 Å². The van der Waals surface area contributed by atoms with Gasteiger partial charge >= 0.3 is 11.9 Å². The fourth-order valence-electron chi connectivity index (χ4n) is 4.85. The molecule has 46 heavy (non-hydrogen) atoms. The Morgan fingerprint density at radius 2 is 1.33 bits per heavy atom. The van der Waals surface area contributed by atoms with Crippen LogP contribution in [0.25, 0.3) is 21.8 Å². The van der Waals surface area contributed by atoms with Gasteiger partial charge in [0.25, 0.3) is 8.32 Å². The first kappa shape index (κ1) is 34.4. The molecule has 0 aliphatic heterocycles. The van der Waals surface area contributed by atoms with Crippen LogP contribution in [0.4, 0.5) is 5.69 Å². The minimum atomic E-state index is -2.30. The summed E-state index contributed by atoms with van der Waals surface area (Å²) in [6.07, 6.45) is 0.697. The highest BCUT2D eigenvalue weighted by molar-refractivity contribution is 6.74. The number of nitrogens with one attached hydrogen (secondary N) is 2. The number of esters is 2. The molecule has 244 valence electrons. The topological polar surface area (TPSA) is 116 Å². The highest BCUT2D eigenvalue weighted by Crippen LogP contribution is 2.40. The number of rotatable bonds is 13. The molecule has 0 fully saturated rings. The zero-order valence-electron chi connectivity index (χ0n) is 27.9. The van der Waals surface area contributed by atoms with Crippen molar-refractivity contribution in [3.8, 4) is 5.75 Å². The summed E-state index contributed by atoms with van der Waals surface area (Å²) in [5.74, 6) is -0.336. The van der Waals surface area contributed by atoms with E-state index in [0.717, 1.165) is 33.1 Å². The standard InChI is InChI=1S/C36H45N3O6Si/c1-24(40)43-22-27-20-26(21-28(23-44-25(2)41)35(27)45-46(6,7)36(3,4)5)16-17-33(42)37-18-19-38-34-29-12-8-10-14-31(29)39-32-15-11-9-13-30(32)34/h8-15,20-21H,16-19,22-23H2,1-7H3,(H,37,42)(H,38,39). The predicted octanol–water partition coefficient (Wildman–Crippen LogP) is 7.06. The Balaban J connectivity index is 1.46. The molecule has 1 heterocycles. The van der Waals surface area contributed by atoms with Crippen molar-refractivity contribution in [2.45, 2.75) is 78.8 Å². The van der Waals surface area contributed by atoms with Gasteiger partial charge in [-0.25, -0.2) is 4.98 Å². The Kier molecular flexibility index (Phi) is 11.1. The van der Waals surface area contributed by atoms with Crippen LogP contribution in [0.3, 0.4) is 0 Å². The van der Waals surface area contributed by atoms with Crippen LogP contribution < -0.4 is 15.1 Å². The second-order valence-corrected chi connectivity index (χ2v) is 17.7. The quantitative estimate of drug-likeness (QED) is 0.0689. The van der Waals surface area contributed by atoms with Crippen LogP contribution in [0.2, 0.25) is 18.1 Å². The van der Waals surface area contributed by atoms with Gasteiger partial charge in [-0.3, -0.25) is 14.4 Å². The molecule has 0 bridgehead atoms. The zero-order valence-corrected chi connectivity index (χ0v) is 28.9. The molecule has 4 aromatic rings. The summed E-state index contributed by atoms with van der Waals surface area (Å²) in [6.45, 7) is 14.4. The van der Waals surface area contributed by atoms with Crippen molar-refractivity contribution in [2.75, 3.05) is 18.4 Å². The van der Waals surface area contributed by atoms with Crippen molar-refractivity contribution in [3.05, 3.63) is 77.4 Å². The second-order valence-electron chi connectivity index (χ2n) is 13.0. The van der Waals surface area contributed by atoms with Gasteiger partial charge in [-0.2, -0.15) is 0 Å². The Morgan fingerprint density at radius 3 is 1.83 bits per heavy atom. The maximum Gasteiger partial charge on any atom is 0.302 e. The smallest absolute Gasteiger partial charge is 0.302 e. The van der Waals surface area contributed by atoms with Crippen LogP contribution in [-0.4, -0.2) is 44.2 Å². The lowest BCUT2D eigenvalue weighted by atomic mass is 10.0. The molecular weight excluding hydrogens is 598 g/mol. The largest absolute Gasteiger partial charge is 0.543 e. The molecule has 0 atom stereocenters. The Morgan fingerprint density at radius 1 is 0.804 bits per heavy atom. The zero-order chi connectivity index (χ0) is 33.5. The first-order valence-corrected chi connectivity index (χ1v) is 18.5. The minimum Gasteiger partial charge on any atom is -0.543 e. The van der Waals surface area contributed by atoms with E-state index in [4.69, 9.17) is 18.9 Å². The summed E-state index contributed by atoms with van der Waals surface area (Å²) in [6, 6.07) is 19.8. The number of pyridine rings is 1. The van der Waals surface area contributed by atoms with Crippen LogP contribution >= 0.6 is 0 Å². The van der Waals surface area contributed by atoms with Crippen molar-refractivity contribution in [1.29, 1.82) is 0 Å². The lowest BCUT2D eigenvalue weighted by Crippen LogP contribution is -2.44. The van der Waals surface area contributed by atoms with Gasteiger partial charge in [0.05, 0.1) is 16.7 Å². The van der Waals surface area contributed by atoms with E-state index in [1.54, 1.807) is 0 Å². The van der Waals surface area contributed by atoms with Gasteiger partial charge in [-0.1, -0.05) is 57.2 Å². The fraction of sp³-hybridized carbons (Fsp3) is 0.389. The molecule has 0 saturated carbocycles. The monoisotopic (exact) mass is 643 g/mol. The van der Waals surface area contributed by atoms with E-state index in [1.807, 2.05) is 60.7 Å².